The molecule has 54 valence electrons. The molecular weight excluding hydrogens is 138 g/mol. The normalized spacial score (nSPS) is 45.0. The van der Waals surface area contributed by atoms with Crippen molar-refractivity contribution in [2.45, 2.75) is 36.8 Å². The second-order valence-corrected chi connectivity index (χ2v) is 3.22. The molecule has 0 aliphatic heterocycles. The Morgan fingerprint density at radius 3 is 2.56 bits per heavy atom. The average Bonchev–Trinajstić information content (AvgIpc) is 1.80. The maximum Gasteiger partial charge on any atom is 0.0704 e. The Hall–Kier alpha value is 0.210. The van der Waals surface area contributed by atoms with E-state index in [2.05, 4.69) is 0 Å². The smallest absolute Gasteiger partial charge is 0.0704 e. The fraction of sp³-hybridized carbons (Fsp3) is 1.00. The molecule has 3 unspecified atom stereocenters. The molecule has 0 bridgehead atoms. The summed E-state index contributed by atoms with van der Waals surface area (Å²) in [4.78, 5) is 0. The molecule has 3 atom stereocenters. The van der Waals surface area contributed by atoms with Crippen LogP contribution in [0.25, 0.3) is 0 Å². The number of halogens is 1. The molecule has 0 heterocycles. The summed E-state index contributed by atoms with van der Waals surface area (Å²) in [6, 6.07) is 0.205. The molecule has 3 N–H and O–H groups in total. The molecule has 3 heteroatoms. The molecule has 0 spiro atoms. The van der Waals surface area contributed by atoms with Gasteiger partial charge in [0.25, 0.3) is 0 Å². The Kier molecular flexibility index (Phi) is 2.33. The molecule has 9 heavy (non-hydrogen) atoms. The zero-order chi connectivity index (χ0) is 6.85. The lowest BCUT2D eigenvalue weighted by molar-refractivity contribution is 0.127. The first kappa shape index (κ1) is 7.32. The van der Waals surface area contributed by atoms with Crippen LogP contribution < -0.4 is 5.73 Å². The number of nitrogens with two attached hydrogens (primary N) is 1. The first-order chi connectivity index (χ1) is 4.20. The number of aliphatic hydroxyl groups excluding tert-OH is 1. The van der Waals surface area contributed by atoms with E-state index in [-0.39, 0.29) is 17.5 Å². The van der Waals surface area contributed by atoms with Gasteiger partial charge in [-0.2, -0.15) is 0 Å². The van der Waals surface area contributed by atoms with Crippen LogP contribution in [0.2, 0.25) is 0 Å². The van der Waals surface area contributed by atoms with Gasteiger partial charge < -0.3 is 10.8 Å². The summed E-state index contributed by atoms with van der Waals surface area (Å²) in [7, 11) is 0. The van der Waals surface area contributed by atoms with Crippen molar-refractivity contribution >= 4 is 11.6 Å². The third-order valence-electron chi connectivity index (χ3n) is 1.78. The lowest BCUT2D eigenvalue weighted by atomic mass is 9.93. The van der Waals surface area contributed by atoms with Crippen molar-refractivity contribution in [2.24, 2.45) is 5.73 Å². The topological polar surface area (TPSA) is 46.2 Å². The van der Waals surface area contributed by atoms with Crippen LogP contribution in [0.4, 0.5) is 0 Å². The molecule has 0 aromatic heterocycles. The molecule has 0 aromatic carbocycles. The SMILES string of the molecule is NC1CCC(O)C(Cl)C1. The number of aliphatic hydroxyl groups is 1. The summed E-state index contributed by atoms with van der Waals surface area (Å²) < 4.78 is 0. The monoisotopic (exact) mass is 149 g/mol. The third kappa shape index (κ3) is 1.81. The average molecular weight is 150 g/mol. The van der Waals surface area contributed by atoms with E-state index in [9.17, 15) is 0 Å². The molecular formula is C6H12ClNO. The maximum absolute atomic E-state index is 9.11. The van der Waals surface area contributed by atoms with Gasteiger partial charge in [0.15, 0.2) is 0 Å². The molecule has 0 saturated heterocycles. The lowest BCUT2D eigenvalue weighted by Crippen LogP contribution is -2.36. The fourth-order valence-electron chi connectivity index (χ4n) is 1.13. The Labute approximate surface area is 60.0 Å². The third-order valence-corrected chi connectivity index (χ3v) is 2.25. The number of hydrogen-bond acceptors (Lipinski definition) is 2. The van der Waals surface area contributed by atoms with Crippen molar-refractivity contribution in [3.63, 3.8) is 0 Å². The highest BCUT2D eigenvalue weighted by molar-refractivity contribution is 6.21. The summed E-state index contributed by atoms with van der Waals surface area (Å²) in [6.45, 7) is 0. The summed E-state index contributed by atoms with van der Waals surface area (Å²) in [6.07, 6.45) is 2.09. The highest BCUT2D eigenvalue weighted by Crippen LogP contribution is 2.21. The van der Waals surface area contributed by atoms with Crippen LogP contribution in [0.15, 0.2) is 0 Å². The van der Waals surface area contributed by atoms with Crippen molar-refractivity contribution < 1.29 is 5.11 Å². The van der Waals surface area contributed by atoms with E-state index in [1.54, 1.807) is 0 Å². The quantitative estimate of drug-likeness (QED) is 0.492. The van der Waals surface area contributed by atoms with E-state index in [0.717, 1.165) is 19.3 Å². The lowest BCUT2D eigenvalue weighted by Gasteiger charge is -2.26. The van der Waals surface area contributed by atoms with Gasteiger partial charge in [-0.3, -0.25) is 0 Å². The van der Waals surface area contributed by atoms with Gasteiger partial charge in [-0.25, -0.2) is 0 Å². The van der Waals surface area contributed by atoms with Crippen molar-refractivity contribution in [2.75, 3.05) is 0 Å². The largest absolute Gasteiger partial charge is 0.392 e. The van der Waals surface area contributed by atoms with Gasteiger partial charge in [-0.05, 0) is 19.3 Å². The van der Waals surface area contributed by atoms with E-state index in [1.807, 2.05) is 0 Å². The minimum Gasteiger partial charge on any atom is -0.392 e. The van der Waals surface area contributed by atoms with Gasteiger partial charge in [0, 0.05) is 6.04 Å². The summed E-state index contributed by atoms with van der Waals surface area (Å²) >= 11 is 5.73. The fourth-order valence-corrected chi connectivity index (χ4v) is 1.48. The van der Waals surface area contributed by atoms with E-state index < -0.39 is 0 Å². The highest BCUT2D eigenvalue weighted by Gasteiger charge is 2.24. The summed E-state index contributed by atoms with van der Waals surface area (Å²) in [5, 5.41) is 8.99. The molecule has 0 amide bonds. The molecule has 2 nitrogen and oxygen atoms in total. The zero-order valence-electron chi connectivity index (χ0n) is 5.26. The first-order valence-electron chi connectivity index (χ1n) is 3.28. The van der Waals surface area contributed by atoms with Gasteiger partial charge in [-0.1, -0.05) is 0 Å². The Morgan fingerprint density at radius 1 is 1.44 bits per heavy atom. The van der Waals surface area contributed by atoms with Gasteiger partial charge in [0.1, 0.15) is 0 Å². The predicted octanol–water partition coefficient (Wildman–Crippen LogP) is 0.466. The Morgan fingerprint density at radius 2 is 2.11 bits per heavy atom. The van der Waals surface area contributed by atoms with Crippen molar-refractivity contribution in [3.05, 3.63) is 0 Å². The molecule has 1 saturated carbocycles. The van der Waals surface area contributed by atoms with E-state index in [0.29, 0.717) is 0 Å². The predicted molar refractivity (Wildman–Crippen MR) is 37.5 cm³/mol. The summed E-state index contributed by atoms with van der Waals surface area (Å²) in [5.41, 5.74) is 5.59. The molecule has 0 aromatic rings. The second kappa shape index (κ2) is 2.86. The van der Waals surface area contributed by atoms with Crippen LogP contribution >= 0.6 is 11.6 Å². The van der Waals surface area contributed by atoms with Crippen LogP contribution in [0.3, 0.4) is 0 Å². The minimum absolute atomic E-state index is 0.117. The molecule has 1 aliphatic rings. The van der Waals surface area contributed by atoms with Gasteiger partial charge in [0.05, 0.1) is 11.5 Å². The molecule has 0 radical (unpaired) electrons. The van der Waals surface area contributed by atoms with E-state index in [4.69, 9.17) is 22.4 Å². The second-order valence-electron chi connectivity index (χ2n) is 2.66. The van der Waals surface area contributed by atoms with Crippen LogP contribution in [0, 0.1) is 0 Å². The number of hydrogen-bond donors (Lipinski definition) is 2. The summed E-state index contributed by atoms with van der Waals surface area (Å²) in [5.74, 6) is 0. The van der Waals surface area contributed by atoms with E-state index in [1.165, 1.54) is 0 Å². The zero-order valence-corrected chi connectivity index (χ0v) is 6.01. The van der Waals surface area contributed by atoms with Crippen LogP contribution in [-0.2, 0) is 0 Å². The van der Waals surface area contributed by atoms with Gasteiger partial charge in [-0.15, -0.1) is 11.6 Å². The standard InChI is InChI=1S/C6H12ClNO/c7-5-3-4(8)1-2-6(5)9/h4-6,9H,1-3,8H2. The highest BCUT2D eigenvalue weighted by atomic mass is 35.5. The number of alkyl halides is 1. The molecule has 1 rings (SSSR count). The minimum atomic E-state index is -0.327. The maximum atomic E-state index is 9.11. The van der Waals surface area contributed by atoms with Crippen LogP contribution in [0.1, 0.15) is 19.3 Å². The van der Waals surface area contributed by atoms with Crippen molar-refractivity contribution in [3.8, 4) is 0 Å². The van der Waals surface area contributed by atoms with Crippen molar-refractivity contribution in [1.29, 1.82) is 0 Å². The van der Waals surface area contributed by atoms with E-state index >= 15 is 0 Å². The van der Waals surface area contributed by atoms with Gasteiger partial charge in [0.2, 0.25) is 0 Å². The molecule has 1 aliphatic carbocycles. The van der Waals surface area contributed by atoms with Crippen molar-refractivity contribution in [1.82, 2.24) is 0 Å². The Bertz CT molecular complexity index is 99.1. The van der Waals surface area contributed by atoms with Crippen LogP contribution in [-0.4, -0.2) is 22.6 Å². The number of rotatable bonds is 0. The van der Waals surface area contributed by atoms with Crippen LogP contribution in [0.5, 0.6) is 0 Å². The first-order valence-corrected chi connectivity index (χ1v) is 3.71. The Balaban J connectivity index is 2.35. The van der Waals surface area contributed by atoms with Gasteiger partial charge >= 0.3 is 0 Å². The molecule has 1 fully saturated rings.